The van der Waals surface area contributed by atoms with E-state index in [1.807, 2.05) is 48.6 Å². The Labute approximate surface area is 128 Å². The fourth-order valence-electron chi connectivity index (χ4n) is 3.30. The summed E-state index contributed by atoms with van der Waals surface area (Å²) in [5, 5.41) is 4.88. The molecule has 4 heteroatoms. The summed E-state index contributed by atoms with van der Waals surface area (Å²) in [6.07, 6.45) is 5.59. The van der Waals surface area contributed by atoms with Crippen molar-refractivity contribution in [2.75, 3.05) is 16.8 Å². The second-order valence-electron chi connectivity index (χ2n) is 5.79. The van der Waals surface area contributed by atoms with Crippen molar-refractivity contribution in [2.24, 2.45) is 5.92 Å². The fourth-order valence-corrected chi connectivity index (χ4v) is 3.30. The minimum Gasteiger partial charge on any atom is -0.324 e. The van der Waals surface area contributed by atoms with Crippen molar-refractivity contribution in [1.82, 2.24) is 0 Å². The van der Waals surface area contributed by atoms with Gasteiger partial charge < -0.3 is 10.2 Å². The lowest BCUT2D eigenvalue weighted by molar-refractivity contribution is -0.124. The van der Waals surface area contributed by atoms with Gasteiger partial charge in [0, 0.05) is 11.3 Å². The number of allylic oxidation sites excluding steroid dienone is 2. The third-order valence-electron chi connectivity index (χ3n) is 4.37. The highest BCUT2D eigenvalue weighted by molar-refractivity contribution is 6.17. The van der Waals surface area contributed by atoms with Crippen molar-refractivity contribution in [3.05, 3.63) is 48.6 Å². The van der Waals surface area contributed by atoms with Crippen molar-refractivity contribution in [2.45, 2.75) is 12.8 Å². The Kier molecular flexibility index (Phi) is 2.96. The molecule has 0 saturated carbocycles. The van der Waals surface area contributed by atoms with Gasteiger partial charge in [0.2, 0.25) is 11.8 Å². The van der Waals surface area contributed by atoms with Crippen LogP contribution in [0.5, 0.6) is 0 Å². The number of carbonyl (C=O) groups excluding carboxylic acids is 2. The summed E-state index contributed by atoms with van der Waals surface area (Å²) in [6, 6.07) is 11.7. The van der Waals surface area contributed by atoms with E-state index in [9.17, 15) is 9.59 Å². The first-order valence-electron chi connectivity index (χ1n) is 7.52. The van der Waals surface area contributed by atoms with Crippen LogP contribution in [0.25, 0.3) is 10.8 Å². The maximum Gasteiger partial charge on any atom is 0.244 e. The van der Waals surface area contributed by atoms with Crippen molar-refractivity contribution in [3.63, 3.8) is 0 Å². The molecule has 22 heavy (non-hydrogen) atoms. The van der Waals surface area contributed by atoms with Crippen LogP contribution in [0, 0.1) is 5.92 Å². The molecule has 1 aliphatic carbocycles. The average Bonchev–Trinajstić information content (AvgIpc) is 3.01. The van der Waals surface area contributed by atoms with E-state index in [2.05, 4.69) is 5.32 Å². The largest absolute Gasteiger partial charge is 0.324 e. The number of carbonyl (C=O) groups is 2. The molecule has 0 radical (unpaired) electrons. The normalized spacial score (nSPS) is 17.6. The Hall–Kier alpha value is -2.62. The van der Waals surface area contributed by atoms with Crippen LogP contribution in [0.3, 0.4) is 0 Å². The molecule has 1 heterocycles. The van der Waals surface area contributed by atoms with Crippen LogP contribution in [0.15, 0.2) is 48.6 Å². The number of hydrogen-bond acceptors (Lipinski definition) is 2. The van der Waals surface area contributed by atoms with Gasteiger partial charge in [-0.2, -0.15) is 0 Å². The minimum atomic E-state index is -0.150. The highest BCUT2D eigenvalue weighted by Crippen LogP contribution is 2.36. The predicted octanol–water partition coefficient (Wildman–Crippen LogP) is 3.09. The van der Waals surface area contributed by atoms with Crippen molar-refractivity contribution in [3.8, 4) is 0 Å². The molecule has 0 spiro atoms. The summed E-state index contributed by atoms with van der Waals surface area (Å²) in [4.78, 5) is 26.7. The van der Waals surface area contributed by atoms with Crippen LogP contribution >= 0.6 is 0 Å². The van der Waals surface area contributed by atoms with E-state index in [0.717, 1.165) is 35.0 Å². The summed E-state index contributed by atoms with van der Waals surface area (Å²) in [5.74, 6) is -0.166. The molecule has 110 valence electrons. The van der Waals surface area contributed by atoms with E-state index in [1.165, 1.54) is 0 Å². The first-order chi connectivity index (χ1) is 10.7. The highest BCUT2D eigenvalue weighted by Gasteiger charge is 2.30. The average molecular weight is 292 g/mol. The lowest BCUT2D eigenvalue weighted by Gasteiger charge is -2.24. The zero-order valence-corrected chi connectivity index (χ0v) is 12.1. The first kappa shape index (κ1) is 13.1. The molecule has 2 aromatic rings. The lowest BCUT2D eigenvalue weighted by atomic mass is 10.0. The first-order valence-corrected chi connectivity index (χ1v) is 7.52. The second kappa shape index (κ2) is 4.98. The molecule has 0 fully saturated rings. The number of amides is 2. The van der Waals surface area contributed by atoms with E-state index in [0.29, 0.717) is 0 Å². The minimum absolute atomic E-state index is 0.0318. The van der Waals surface area contributed by atoms with Crippen LogP contribution in [-0.4, -0.2) is 18.4 Å². The fraction of sp³-hybridized carbons (Fsp3) is 0.222. The summed E-state index contributed by atoms with van der Waals surface area (Å²) in [5.41, 5.74) is 1.60. The third kappa shape index (κ3) is 1.99. The number of rotatable bonds is 1. The number of nitrogens with one attached hydrogen (secondary N) is 1. The van der Waals surface area contributed by atoms with Crippen molar-refractivity contribution >= 4 is 34.0 Å². The van der Waals surface area contributed by atoms with Gasteiger partial charge in [-0.1, -0.05) is 36.4 Å². The van der Waals surface area contributed by atoms with Crippen LogP contribution in [0.4, 0.5) is 11.4 Å². The molecule has 0 saturated heterocycles. The zero-order chi connectivity index (χ0) is 15.1. The van der Waals surface area contributed by atoms with Gasteiger partial charge in [0.1, 0.15) is 6.54 Å². The smallest absolute Gasteiger partial charge is 0.244 e. The summed E-state index contributed by atoms with van der Waals surface area (Å²) in [7, 11) is 0. The molecule has 0 bridgehead atoms. The van der Waals surface area contributed by atoms with Gasteiger partial charge in [-0.3, -0.25) is 9.59 Å². The molecule has 1 N–H and O–H groups in total. The third-order valence-corrected chi connectivity index (χ3v) is 4.37. The second-order valence-corrected chi connectivity index (χ2v) is 5.79. The topological polar surface area (TPSA) is 49.4 Å². The molecule has 0 aromatic heterocycles. The summed E-state index contributed by atoms with van der Waals surface area (Å²) < 4.78 is 0. The molecule has 2 aliphatic rings. The van der Waals surface area contributed by atoms with Gasteiger partial charge in [-0.05, 0) is 30.4 Å². The number of benzene rings is 2. The molecule has 1 aliphatic heterocycles. The molecule has 0 atom stereocenters. The Morgan fingerprint density at radius 1 is 1.09 bits per heavy atom. The monoisotopic (exact) mass is 292 g/mol. The van der Waals surface area contributed by atoms with E-state index < -0.39 is 0 Å². The standard InChI is InChI=1S/C18H16N2O2/c21-16-11-20(18(22)13-5-1-2-6-13)15-10-4-8-12-7-3-9-14(19-16)17(12)15/h1-4,7-10,13H,5-6,11H2,(H,19,21). The van der Waals surface area contributed by atoms with Crippen molar-refractivity contribution < 1.29 is 9.59 Å². The SMILES string of the molecule is O=C1CN(C(=O)C2CC=CC2)c2cccc3cccc(c23)N1. The van der Waals surface area contributed by atoms with Crippen LogP contribution < -0.4 is 10.2 Å². The molecule has 0 unspecified atom stereocenters. The molecule has 4 rings (SSSR count). The predicted molar refractivity (Wildman–Crippen MR) is 86.8 cm³/mol. The zero-order valence-electron chi connectivity index (χ0n) is 12.1. The van der Waals surface area contributed by atoms with E-state index in [1.54, 1.807) is 4.90 Å². The van der Waals surface area contributed by atoms with Gasteiger partial charge >= 0.3 is 0 Å². The van der Waals surface area contributed by atoms with Gasteiger partial charge in [0.15, 0.2) is 0 Å². The maximum atomic E-state index is 12.9. The van der Waals surface area contributed by atoms with Crippen LogP contribution in [0.2, 0.25) is 0 Å². The Morgan fingerprint density at radius 3 is 2.59 bits per heavy atom. The number of nitrogens with zero attached hydrogens (tertiary/aromatic N) is 1. The number of anilines is 2. The van der Waals surface area contributed by atoms with Gasteiger partial charge in [-0.15, -0.1) is 0 Å². The highest BCUT2D eigenvalue weighted by atomic mass is 16.2. The van der Waals surface area contributed by atoms with E-state index >= 15 is 0 Å². The summed E-state index contributed by atoms with van der Waals surface area (Å²) in [6.45, 7) is 0.0725. The molecular weight excluding hydrogens is 276 g/mol. The van der Waals surface area contributed by atoms with Crippen LogP contribution in [-0.2, 0) is 9.59 Å². The summed E-state index contributed by atoms with van der Waals surface area (Å²) >= 11 is 0. The maximum absolute atomic E-state index is 12.9. The Bertz CT molecular complexity index is 797. The molecule has 4 nitrogen and oxygen atoms in total. The number of hydrogen-bond donors (Lipinski definition) is 1. The quantitative estimate of drug-likeness (QED) is 0.821. The molecular formula is C18H16N2O2. The molecule has 2 amide bonds. The van der Waals surface area contributed by atoms with E-state index in [4.69, 9.17) is 0 Å². The van der Waals surface area contributed by atoms with Crippen LogP contribution in [0.1, 0.15) is 12.8 Å². The Balaban J connectivity index is 1.87. The Morgan fingerprint density at radius 2 is 1.82 bits per heavy atom. The molecule has 2 aromatic carbocycles. The van der Waals surface area contributed by atoms with Gasteiger partial charge in [0.25, 0.3) is 0 Å². The van der Waals surface area contributed by atoms with Crippen molar-refractivity contribution in [1.29, 1.82) is 0 Å². The lowest BCUT2D eigenvalue weighted by Crippen LogP contribution is -2.40. The van der Waals surface area contributed by atoms with Gasteiger partial charge in [0.05, 0.1) is 11.4 Å². The van der Waals surface area contributed by atoms with E-state index in [-0.39, 0.29) is 24.3 Å². The van der Waals surface area contributed by atoms with Gasteiger partial charge in [-0.25, -0.2) is 0 Å².